The maximum atomic E-state index is 11.7. The van der Waals surface area contributed by atoms with Gasteiger partial charge in [0.1, 0.15) is 0 Å². The van der Waals surface area contributed by atoms with Gasteiger partial charge in [0.05, 0.1) is 12.2 Å². The number of carbonyl (C=O) groups excluding carboxylic acids is 1. The number of pyridine rings is 1. The van der Waals surface area contributed by atoms with Crippen molar-refractivity contribution in [2.24, 2.45) is 0 Å². The Kier molecular flexibility index (Phi) is 2.99. The zero-order valence-corrected chi connectivity index (χ0v) is 9.17. The van der Waals surface area contributed by atoms with Gasteiger partial charge in [-0.3, -0.25) is 4.79 Å². The van der Waals surface area contributed by atoms with Crippen molar-refractivity contribution in [3.63, 3.8) is 0 Å². The van der Waals surface area contributed by atoms with Gasteiger partial charge in [-0.15, -0.1) is 0 Å². The van der Waals surface area contributed by atoms with Gasteiger partial charge in [-0.2, -0.15) is 4.98 Å². The minimum atomic E-state index is -0.370. The molecule has 0 atom stereocenters. The summed E-state index contributed by atoms with van der Waals surface area (Å²) in [7, 11) is 0. The molecule has 88 valence electrons. The monoisotopic (exact) mass is 233 g/mol. The van der Waals surface area contributed by atoms with Gasteiger partial charge in [0.25, 0.3) is 5.91 Å². The van der Waals surface area contributed by atoms with E-state index in [-0.39, 0.29) is 18.1 Å². The summed E-state index contributed by atoms with van der Waals surface area (Å²) in [6.45, 7) is 1.85. The van der Waals surface area contributed by atoms with Crippen LogP contribution in [0, 0.1) is 6.92 Å². The van der Waals surface area contributed by atoms with Crippen LogP contribution >= 0.6 is 0 Å². The highest BCUT2D eigenvalue weighted by Gasteiger charge is 2.11. The smallest absolute Gasteiger partial charge is 0.272 e. The number of rotatable bonds is 3. The lowest BCUT2D eigenvalue weighted by Gasteiger charge is -2.03. The summed E-state index contributed by atoms with van der Waals surface area (Å²) in [6, 6.07) is 3.27. The van der Waals surface area contributed by atoms with Crippen molar-refractivity contribution >= 4 is 11.6 Å². The highest BCUT2D eigenvalue weighted by molar-refractivity contribution is 5.96. The molecule has 0 aliphatic rings. The lowest BCUT2D eigenvalue weighted by molar-refractivity contribution is 0.0945. The molecule has 0 aromatic carbocycles. The number of nitrogens with zero attached hydrogens (tertiary/aromatic N) is 3. The van der Waals surface area contributed by atoms with Gasteiger partial charge in [0.15, 0.2) is 11.5 Å². The largest absolute Gasteiger partial charge is 0.397 e. The Bertz CT molecular complexity index is 537. The fraction of sp³-hybridized carbons (Fsp3) is 0.200. The van der Waals surface area contributed by atoms with Gasteiger partial charge in [0, 0.05) is 13.1 Å². The normalized spacial score (nSPS) is 10.2. The molecule has 0 saturated heterocycles. The second kappa shape index (κ2) is 4.60. The van der Waals surface area contributed by atoms with E-state index in [1.807, 2.05) is 0 Å². The Morgan fingerprint density at radius 2 is 2.41 bits per heavy atom. The predicted molar refractivity (Wildman–Crippen MR) is 58.9 cm³/mol. The second-order valence-corrected chi connectivity index (χ2v) is 3.35. The van der Waals surface area contributed by atoms with Crippen LogP contribution in [0.2, 0.25) is 0 Å². The van der Waals surface area contributed by atoms with Gasteiger partial charge < -0.3 is 15.6 Å². The zero-order chi connectivity index (χ0) is 12.3. The van der Waals surface area contributed by atoms with Crippen LogP contribution in [0.15, 0.2) is 22.9 Å². The van der Waals surface area contributed by atoms with E-state index in [1.165, 1.54) is 6.20 Å². The lowest BCUT2D eigenvalue weighted by atomic mass is 10.3. The van der Waals surface area contributed by atoms with E-state index in [2.05, 4.69) is 20.4 Å². The van der Waals surface area contributed by atoms with Crippen LogP contribution in [-0.4, -0.2) is 21.0 Å². The molecule has 0 radical (unpaired) electrons. The number of aromatic nitrogens is 3. The van der Waals surface area contributed by atoms with Gasteiger partial charge in [-0.05, 0) is 12.1 Å². The van der Waals surface area contributed by atoms with Gasteiger partial charge in [0.2, 0.25) is 5.89 Å². The summed E-state index contributed by atoms with van der Waals surface area (Å²) >= 11 is 0. The Morgan fingerprint density at radius 1 is 1.59 bits per heavy atom. The van der Waals surface area contributed by atoms with E-state index >= 15 is 0 Å². The summed E-state index contributed by atoms with van der Waals surface area (Å²) in [5, 5.41) is 6.25. The first-order valence-corrected chi connectivity index (χ1v) is 4.94. The van der Waals surface area contributed by atoms with E-state index < -0.39 is 0 Å². The lowest BCUT2D eigenvalue weighted by Crippen LogP contribution is -2.25. The summed E-state index contributed by atoms with van der Waals surface area (Å²) in [5.74, 6) is 0.488. The molecule has 2 rings (SSSR count). The summed E-state index contributed by atoms with van der Waals surface area (Å²) in [6.07, 6.45) is 1.50. The molecule has 0 spiro atoms. The van der Waals surface area contributed by atoms with E-state index in [9.17, 15) is 4.79 Å². The predicted octanol–water partition coefficient (Wildman–Crippen LogP) is 0.285. The molecule has 0 aliphatic carbocycles. The minimum Gasteiger partial charge on any atom is -0.397 e. The first-order chi connectivity index (χ1) is 8.16. The zero-order valence-electron chi connectivity index (χ0n) is 9.17. The third-order valence-corrected chi connectivity index (χ3v) is 2.03. The number of nitrogens with one attached hydrogen (secondary N) is 1. The molecule has 1 amide bonds. The SMILES string of the molecule is Cc1nc(CNC(=O)c2ncccc2N)no1. The molecule has 17 heavy (non-hydrogen) atoms. The average Bonchev–Trinajstić information content (AvgIpc) is 2.73. The van der Waals surface area contributed by atoms with Crippen LogP contribution in [0.25, 0.3) is 0 Å². The van der Waals surface area contributed by atoms with E-state index in [0.29, 0.717) is 17.4 Å². The van der Waals surface area contributed by atoms with E-state index in [0.717, 1.165) is 0 Å². The number of anilines is 1. The number of hydrogen-bond acceptors (Lipinski definition) is 6. The summed E-state index contributed by atoms with van der Waals surface area (Å²) in [4.78, 5) is 19.6. The Labute approximate surface area is 97.0 Å². The van der Waals surface area contributed by atoms with Crippen molar-refractivity contribution < 1.29 is 9.32 Å². The van der Waals surface area contributed by atoms with E-state index in [4.69, 9.17) is 10.3 Å². The molecule has 3 N–H and O–H groups in total. The molecular weight excluding hydrogens is 222 g/mol. The molecule has 0 fully saturated rings. The first-order valence-electron chi connectivity index (χ1n) is 4.94. The van der Waals surface area contributed by atoms with Crippen LogP contribution in [0.3, 0.4) is 0 Å². The fourth-order valence-corrected chi connectivity index (χ4v) is 1.26. The van der Waals surface area contributed by atoms with Crippen LogP contribution in [0.1, 0.15) is 22.2 Å². The van der Waals surface area contributed by atoms with Crippen LogP contribution in [0.5, 0.6) is 0 Å². The molecule has 2 heterocycles. The standard InChI is InChI=1S/C10H11N5O2/c1-6-14-8(15-17-6)5-13-10(16)9-7(11)3-2-4-12-9/h2-4H,5,11H2,1H3,(H,13,16). The van der Waals surface area contributed by atoms with Crippen LogP contribution in [0.4, 0.5) is 5.69 Å². The third-order valence-electron chi connectivity index (χ3n) is 2.03. The van der Waals surface area contributed by atoms with Crippen molar-refractivity contribution in [3.05, 3.63) is 35.7 Å². The number of amides is 1. The van der Waals surface area contributed by atoms with Crippen molar-refractivity contribution in [1.82, 2.24) is 20.4 Å². The molecule has 0 aliphatic heterocycles. The number of carbonyl (C=O) groups is 1. The van der Waals surface area contributed by atoms with Crippen LogP contribution in [-0.2, 0) is 6.54 Å². The van der Waals surface area contributed by atoms with Crippen molar-refractivity contribution in [1.29, 1.82) is 0 Å². The second-order valence-electron chi connectivity index (χ2n) is 3.35. The number of hydrogen-bond donors (Lipinski definition) is 2. The molecule has 0 bridgehead atoms. The molecule has 0 unspecified atom stereocenters. The van der Waals surface area contributed by atoms with Gasteiger partial charge >= 0.3 is 0 Å². The van der Waals surface area contributed by atoms with E-state index in [1.54, 1.807) is 19.1 Å². The Morgan fingerprint density at radius 3 is 3.06 bits per heavy atom. The molecular formula is C10H11N5O2. The summed E-state index contributed by atoms with van der Waals surface area (Å²) in [5.41, 5.74) is 6.14. The van der Waals surface area contributed by atoms with Crippen molar-refractivity contribution in [3.8, 4) is 0 Å². The molecule has 2 aromatic heterocycles. The Balaban J connectivity index is 2.01. The topological polar surface area (TPSA) is 107 Å². The number of nitrogens with two attached hydrogens (primary N) is 1. The van der Waals surface area contributed by atoms with Gasteiger partial charge in [-0.1, -0.05) is 5.16 Å². The average molecular weight is 233 g/mol. The maximum absolute atomic E-state index is 11.7. The number of nitrogen functional groups attached to an aromatic ring is 1. The molecule has 0 saturated carbocycles. The van der Waals surface area contributed by atoms with Crippen molar-refractivity contribution in [2.75, 3.05) is 5.73 Å². The maximum Gasteiger partial charge on any atom is 0.272 e. The highest BCUT2D eigenvalue weighted by Crippen LogP contribution is 2.06. The number of aryl methyl sites for hydroxylation is 1. The fourth-order valence-electron chi connectivity index (χ4n) is 1.26. The van der Waals surface area contributed by atoms with Crippen LogP contribution < -0.4 is 11.1 Å². The molecule has 2 aromatic rings. The highest BCUT2D eigenvalue weighted by atomic mass is 16.5. The third kappa shape index (κ3) is 2.57. The minimum absolute atomic E-state index is 0.173. The Hall–Kier alpha value is -2.44. The summed E-state index contributed by atoms with van der Waals surface area (Å²) < 4.78 is 4.77. The van der Waals surface area contributed by atoms with Crippen molar-refractivity contribution in [2.45, 2.75) is 13.5 Å². The quantitative estimate of drug-likeness (QED) is 0.788. The molecule has 7 heteroatoms. The van der Waals surface area contributed by atoms with Gasteiger partial charge in [-0.25, -0.2) is 4.98 Å². The molecule has 7 nitrogen and oxygen atoms in total. The first kappa shape index (κ1) is 11.1.